The SMILES string of the molecule is [CH2]CCCCC(F)(F)C1CC1. The van der Waals surface area contributed by atoms with Crippen LogP contribution in [0.2, 0.25) is 0 Å². The van der Waals surface area contributed by atoms with Crippen LogP contribution in [-0.2, 0) is 0 Å². The van der Waals surface area contributed by atoms with Gasteiger partial charge in [0.1, 0.15) is 0 Å². The van der Waals surface area contributed by atoms with Gasteiger partial charge in [-0.3, -0.25) is 0 Å². The predicted molar refractivity (Wildman–Crippen MR) is 41.5 cm³/mol. The minimum Gasteiger partial charge on any atom is -0.207 e. The van der Waals surface area contributed by atoms with Gasteiger partial charge in [0.25, 0.3) is 5.92 Å². The third kappa shape index (κ3) is 2.76. The molecule has 0 saturated heterocycles. The summed E-state index contributed by atoms with van der Waals surface area (Å²) in [4.78, 5) is 0. The van der Waals surface area contributed by atoms with Crippen molar-refractivity contribution in [2.45, 2.75) is 44.4 Å². The number of unbranched alkanes of at least 4 members (excludes halogenated alkanes) is 2. The van der Waals surface area contributed by atoms with Crippen LogP contribution in [0, 0.1) is 12.8 Å². The molecule has 0 heterocycles. The van der Waals surface area contributed by atoms with Crippen LogP contribution in [0.5, 0.6) is 0 Å². The van der Waals surface area contributed by atoms with Gasteiger partial charge in [0.2, 0.25) is 0 Å². The summed E-state index contributed by atoms with van der Waals surface area (Å²) in [6, 6.07) is 0. The molecule has 1 rings (SSSR count). The highest BCUT2D eigenvalue weighted by molar-refractivity contribution is 4.87. The minimum atomic E-state index is -2.37. The Hall–Kier alpha value is -0.140. The number of hydrogen-bond donors (Lipinski definition) is 0. The van der Waals surface area contributed by atoms with E-state index in [1.807, 2.05) is 0 Å². The molecule has 1 aliphatic carbocycles. The fraction of sp³-hybridized carbons (Fsp3) is 0.889. The smallest absolute Gasteiger partial charge is 0.207 e. The molecule has 1 saturated carbocycles. The van der Waals surface area contributed by atoms with Crippen molar-refractivity contribution < 1.29 is 8.78 Å². The van der Waals surface area contributed by atoms with Gasteiger partial charge in [-0.2, -0.15) is 0 Å². The van der Waals surface area contributed by atoms with Crippen LogP contribution in [0.25, 0.3) is 0 Å². The first-order valence-electron chi connectivity index (χ1n) is 4.34. The zero-order chi connectivity index (χ0) is 8.32. The zero-order valence-electron chi connectivity index (χ0n) is 6.78. The summed E-state index contributed by atoms with van der Waals surface area (Å²) in [5, 5.41) is 0. The lowest BCUT2D eigenvalue weighted by atomic mass is 10.1. The number of rotatable bonds is 5. The summed E-state index contributed by atoms with van der Waals surface area (Å²) in [5.41, 5.74) is 0. The average Bonchev–Trinajstić information content (AvgIpc) is 2.68. The van der Waals surface area contributed by atoms with Crippen molar-refractivity contribution in [3.8, 4) is 0 Å². The Bertz CT molecular complexity index is 117. The fourth-order valence-electron chi connectivity index (χ4n) is 1.25. The van der Waals surface area contributed by atoms with Crippen molar-refractivity contribution in [2.24, 2.45) is 5.92 Å². The fourth-order valence-corrected chi connectivity index (χ4v) is 1.25. The van der Waals surface area contributed by atoms with E-state index in [1.54, 1.807) is 0 Å². The van der Waals surface area contributed by atoms with Gasteiger partial charge >= 0.3 is 0 Å². The van der Waals surface area contributed by atoms with Gasteiger partial charge in [0, 0.05) is 12.3 Å². The third-order valence-electron chi connectivity index (χ3n) is 2.18. The molecule has 0 unspecified atom stereocenters. The Labute approximate surface area is 67.0 Å². The van der Waals surface area contributed by atoms with Gasteiger partial charge in [-0.25, -0.2) is 8.78 Å². The van der Waals surface area contributed by atoms with E-state index >= 15 is 0 Å². The summed E-state index contributed by atoms with van der Waals surface area (Å²) in [6.07, 6.45) is 3.79. The van der Waals surface area contributed by atoms with E-state index in [4.69, 9.17) is 0 Å². The Morgan fingerprint density at radius 1 is 1.27 bits per heavy atom. The van der Waals surface area contributed by atoms with Gasteiger partial charge in [-0.15, -0.1) is 0 Å². The molecular formula is C9H15F2. The maximum atomic E-state index is 12.9. The van der Waals surface area contributed by atoms with E-state index in [1.165, 1.54) is 0 Å². The molecule has 2 heteroatoms. The van der Waals surface area contributed by atoms with Gasteiger partial charge < -0.3 is 0 Å². The Morgan fingerprint density at radius 3 is 2.36 bits per heavy atom. The van der Waals surface area contributed by atoms with E-state index in [0.29, 0.717) is 6.42 Å². The molecule has 0 nitrogen and oxygen atoms in total. The summed E-state index contributed by atoms with van der Waals surface area (Å²) < 4.78 is 25.8. The first kappa shape index (κ1) is 8.95. The molecule has 1 radical (unpaired) electrons. The van der Waals surface area contributed by atoms with Gasteiger partial charge in [0.15, 0.2) is 0 Å². The van der Waals surface area contributed by atoms with Crippen LogP contribution >= 0.6 is 0 Å². The second-order valence-electron chi connectivity index (χ2n) is 3.35. The van der Waals surface area contributed by atoms with Crippen LogP contribution in [0.4, 0.5) is 8.78 Å². The van der Waals surface area contributed by atoms with Crippen LogP contribution in [0.15, 0.2) is 0 Å². The molecule has 0 bridgehead atoms. The zero-order valence-corrected chi connectivity index (χ0v) is 6.78. The molecule has 0 aromatic rings. The summed E-state index contributed by atoms with van der Waals surface area (Å²) >= 11 is 0. The highest BCUT2D eigenvalue weighted by atomic mass is 19.3. The first-order chi connectivity index (χ1) is 5.17. The molecular weight excluding hydrogens is 146 g/mol. The second kappa shape index (κ2) is 3.51. The Balaban J connectivity index is 2.12. The standard InChI is InChI=1S/C9H15F2/c1-2-3-4-7-9(10,11)8-5-6-8/h8H,1-7H2. The Kier molecular flexibility index (Phi) is 2.85. The van der Waals surface area contributed by atoms with Crippen molar-refractivity contribution in [3.05, 3.63) is 6.92 Å². The highest BCUT2D eigenvalue weighted by Crippen LogP contribution is 2.45. The van der Waals surface area contributed by atoms with Crippen LogP contribution in [-0.4, -0.2) is 5.92 Å². The molecule has 0 N–H and O–H groups in total. The number of halogens is 2. The number of alkyl halides is 2. The largest absolute Gasteiger partial charge is 0.250 e. The molecule has 0 aliphatic heterocycles. The summed E-state index contributed by atoms with van der Waals surface area (Å²) in [5.74, 6) is -2.65. The summed E-state index contributed by atoms with van der Waals surface area (Å²) in [6.45, 7) is 3.62. The normalized spacial score (nSPS) is 18.8. The van der Waals surface area contributed by atoms with Crippen molar-refractivity contribution in [1.82, 2.24) is 0 Å². The topological polar surface area (TPSA) is 0 Å². The molecule has 0 amide bonds. The molecule has 0 atom stereocenters. The quantitative estimate of drug-likeness (QED) is 0.542. The lowest BCUT2D eigenvalue weighted by Gasteiger charge is -2.14. The van der Waals surface area contributed by atoms with E-state index in [0.717, 1.165) is 25.7 Å². The van der Waals surface area contributed by atoms with Crippen molar-refractivity contribution >= 4 is 0 Å². The lowest BCUT2D eigenvalue weighted by Crippen LogP contribution is -2.18. The Morgan fingerprint density at radius 2 is 1.91 bits per heavy atom. The predicted octanol–water partition coefficient (Wildman–Crippen LogP) is 3.43. The van der Waals surface area contributed by atoms with Crippen LogP contribution < -0.4 is 0 Å². The molecule has 1 aliphatic rings. The molecule has 0 spiro atoms. The van der Waals surface area contributed by atoms with Gasteiger partial charge in [-0.1, -0.05) is 19.8 Å². The lowest BCUT2D eigenvalue weighted by molar-refractivity contribution is -0.0324. The number of hydrogen-bond acceptors (Lipinski definition) is 0. The van der Waals surface area contributed by atoms with E-state index < -0.39 is 5.92 Å². The maximum absolute atomic E-state index is 12.9. The van der Waals surface area contributed by atoms with Gasteiger partial charge in [0.05, 0.1) is 0 Å². The van der Waals surface area contributed by atoms with Crippen LogP contribution in [0.3, 0.4) is 0 Å². The van der Waals surface area contributed by atoms with Crippen molar-refractivity contribution in [2.75, 3.05) is 0 Å². The molecule has 0 aromatic carbocycles. The molecule has 1 fully saturated rings. The van der Waals surface area contributed by atoms with E-state index in [9.17, 15) is 8.78 Å². The maximum Gasteiger partial charge on any atom is 0.250 e. The molecule has 0 aromatic heterocycles. The highest BCUT2D eigenvalue weighted by Gasteiger charge is 2.45. The average molecular weight is 161 g/mol. The molecule has 11 heavy (non-hydrogen) atoms. The third-order valence-corrected chi connectivity index (χ3v) is 2.18. The van der Waals surface area contributed by atoms with Gasteiger partial charge in [-0.05, 0) is 19.3 Å². The van der Waals surface area contributed by atoms with Crippen molar-refractivity contribution in [3.63, 3.8) is 0 Å². The second-order valence-corrected chi connectivity index (χ2v) is 3.35. The van der Waals surface area contributed by atoms with E-state index in [-0.39, 0.29) is 12.3 Å². The van der Waals surface area contributed by atoms with Crippen LogP contribution in [0.1, 0.15) is 38.5 Å². The summed E-state index contributed by atoms with van der Waals surface area (Å²) in [7, 11) is 0. The first-order valence-corrected chi connectivity index (χ1v) is 4.34. The van der Waals surface area contributed by atoms with Crippen molar-refractivity contribution in [1.29, 1.82) is 0 Å². The molecule has 65 valence electrons. The monoisotopic (exact) mass is 161 g/mol. The van der Waals surface area contributed by atoms with E-state index in [2.05, 4.69) is 6.92 Å². The minimum absolute atomic E-state index is 0.0766.